The summed E-state index contributed by atoms with van der Waals surface area (Å²) in [5, 5.41) is 45.3. The van der Waals surface area contributed by atoms with Crippen molar-refractivity contribution in [2.75, 3.05) is 13.2 Å². The molecule has 1 saturated heterocycles. The van der Waals surface area contributed by atoms with Crippen molar-refractivity contribution in [3.8, 4) is 0 Å². The first-order chi connectivity index (χ1) is 7.47. The summed E-state index contributed by atoms with van der Waals surface area (Å²) in [6, 6.07) is 0. The number of ether oxygens (including phenoxy) is 2. The van der Waals surface area contributed by atoms with Gasteiger partial charge in [0.05, 0.1) is 6.61 Å². The van der Waals surface area contributed by atoms with Gasteiger partial charge < -0.3 is 35.0 Å². The molecule has 0 bridgehead atoms. The van der Waals surface area contributed by atoms with E-state index in [1.54, 1.807) is 0 Å². The van der Waals surface area contributed by atoms with E-state index < -0.39 is 49.9 Å². The average Bonchev–Trinajstić information content (AvgIpc) is 2.25. The third-order valence-corrected chi connectivity index (χ3v) is 2.22. The highest BCUT2D eigenvalue weighted by Gasteiger charge is 2.44. The van der Waals surface area contributed by atoms with Crippen LogP contribution < -0.4 is 0 Å². The highest BCUT2D eigenvalue weighted by atomic mass is 16.7. The molecule has 1 aliphatic heterocycles. The second-order valence-corrected chi connectivity index (χ2v) is 3.40. The second kappa shape index (κ2) is 5.53. The Morgan fingerprint density at radius 1 is 1.19 bits per heavy atom. The Morgan fingerprint density at radius 2 is 1.81 bits per heavy atom. The molecule has 0 amide bonds. The van der Waals surface area contributed by atoms with E-state index in [4.69, 9.17) is 14.9 Å². The molecule has 0 saturated carbocycles. The number of carbonyl (C=O) groups is 1. The Bertz CT molecular complexity index is 242. The SMILES string of the molecule is O=C(O)COC1O[C@H](CO)[C@@H](O)[C@H](O)[C@@H]1O. The standard InChI is InChI=1S/C8H14O8/c9-1-3-5(12)6(13)7(14)8(16-3)15-2-4(10)11/h3,5-9,12-14H,1-2H2,(H,10,11)/t3-,5-,6+,7+,8?/m1/s1. The van der Waals surface area contributed by atoms with Gasteiger partial charge in [0.2, 0.25) is 0 Å². The number of hydrogen-bond donors (Lipinski definition) is 5. The van der Waals surface area contributed by atoms with E-state index >= 15 is 0 Å². The molecule has 0 spiro atoms. The van der Waals surface area contributed by atoms with E-state index in [1.807, 2.05) is 0 Å². The first-order valence-corrected chi connectivity index (χ1v) is 4.61. The first kappa shape index (κ1) is 13.3. The molecule has 16 heavy (non-hydrogen) atoms. The van der Waals surface area contributed by atoms with Gasteiger partial charge in [0.1, 0.15) is 31.0 Å². The molecule has 8 nitrogen and oxygen atoms in total. The van der Waals surface area contributed by atoms with Crippen molar-refractivity contribution in [1.82, 2.24) is 0 Å². The Hall–Kier alpha value is -0.770. The minimum Gasteiger partial charge on any atom is -0.480 e. The van der Waals surface area contributed by atoms with Crippen LogP contribution in [0.3, 0.4) is 0 Å². The third-order valence-electron chi connectivity index (χ3n) is 2.22. The minimum atomic E-state index is -1.57. The van der Waals surface area contributed by atoms with Crippen LogP contribution >= 0.6 is 0 Å². The highest BCUT2D eigenvalue weighted by molar-refractivity contribution is 5.68. The fraction of sp³-hybridized carbons (Fsp3) is 0.875. The largest absolute Gasteiger partial charge is 0.480 e. The van der Waals surface area contributed by atoms with Crippen LogP contribution in [0.2, 0.25) is 0 Å². The van der Waals surface area contributed by atoms with Crippen molar-refractivity contribution < 1.29 is 39.8 Å². The number of hydrogen-bond acceptors (Lipinski definition) is 7. The van der Waals surface area contributed by atoms with E-state index in [0.717, 1.165) is 0 Å². The normalized spacial score (nSPS) is 39.6. The van der Waals surface area contributed by atoms with Crippen LogP contribution in [0.4, 0.5) is 0 Å². The molecule has 0 aliphatic carbocycles. The number of aliphatic hydroxyl groups excluding tert-OH is 4. The van der Waals surface area contributed by atoms with Gasteiger partial charge in [-0.1, -0.05) is 0 Å². The molecule has 1 aliphatic rings. The number of carboxylic acid groups (broad SMARTS) is 1. The van der Waals surface area contributed by atoms with E-state index in [-0.39, 0.29) is 0 Å². The Morgan fingerprint density at radius 3 is 2.31 bits per heavy atom. The van der Waals surface area contributed by atoms with Gasteiger partial charge in [0, 0.05) is 0 Å². The maximum atomic E-state index is 10.2. The summed E-state index contributed by atoms with van der Waals surface area (Å²) in [5.41, 5.74) is 0. The Balaban J connectivity index is 2.60. The predicted molar refractivity (Wildman–Crippen MR) is 47.4 cm³/mol. The van der Waals surface area contributed by atoms with Crippen LogP contribution in [0.1, 0.15) is 0 Å². The summed E-state index contributed by atoms with van der Waals surface area (Å²) in [6.07, 6.45) is -7.12. The van der Waals surface area contributed by atoms with E-state index in [9.17, 15) is 20.1 Å². The topological polar surface area (TPSA) is 137 Å². The zero-order chi connectivity index (χ0) is 12.3. The van der Waals surface area contributed by atoms with Gasteiger partial charge in [-0.05, 0) is 0 Å². The number of carboxylic acids is 1. The molecule has 0 aromatic carbocycles. The lowest BCUT2D eigenvalue weighted by atomic mass is 9.99. The lowest BCUT2D eigenvalue weighted by molar-refractivity contribution is -0.300. The summed E-state index contributed by atoms with van der Waals surface area (Å²) >= 11 is 0. The van der Waals surface area contributed by atoms with Gasteiger partial charge in [0.15, 0.2) is 6.29 Å². The number of rotatable bonds is 4. The van der Waals surface area contributed by atoms with Crippen LogP contribution in [-0.4, -0.2) is 75.4 Å². The molecular formula is C8H14O8. The fourth-order valence-corrected chi connectivity index (χ4v) is 1.36. The molecular weight excluding hydrogens is 224 g/mol. The molecule has 8 heteroatoms. The van der Waals surface area contributed by atoms with Gasteiger partial charge in [0.25, 0.3) is 0 Å². The molecule has 5 atom stereocenters. The van der Waals surface area contributed by atoms with Crippen molar-refractivity contribution in [2.45, 2.75) is 30.7 Å². The zero-order valence-electron chi connectivity index (χ0n) is 8.26. The predicted octanol–water partition coefficient (Wildman–Crippen LogP) is -3.11. The average molecular weight is 238 g/mol. The minimum absolute atomic E-state index is 0.585. The first-order valence-electron chi connectivity index (χ1n) is 4.61. The Labute approximate surface area is 90.6 Å². The van der Waals surface area contributed by atoms with E-state index in [1.165, 1.54) is 0 Å². The third kappa shape index (κ3) is 2.88. The van der Waals surface area contributed by atoms with Crippen molar-refractivity contribution in [1.29, 1.82) is 0 Å². The number of aliphatic hydroxyl groups is 4. The molecule has 1 rings (SSSR count). The lowest BCUT2D eigenvalue weighted by Gasteiger charge is -2.39. The highest BCUT2D eigenvalue weighted by Crippen LogP contribution is 2.21. The van der Waals surface area contributed by atoms with Gasteiger partial charge in [-0.25, -0.2) is 4.79 Å². The maximum Gasteiger partial charge on any atom is 0.329 e. The summed E-state index contributed by atoms with van der Waals surface area (Å²) in [6.45, 7) is -1.30. The van der Waals surface area contributed by atoms with Crippen molar-refractivity contribution in [2.24, 2.45) is 0 Å². The molecule has 0 radical (unpaired) electrons. The summed E-state index contributed by atoms with van der Waals surface area (Å²) < 4.78 is 9.54. The van der Waals surface area contributed by atoms with Gasteiger partial charge in [-0.2, -0.15) is 0 Å². The molecule has 1 unspecified atom stereocenters. The summed E-state index contributed by atoms with van der Waals surface area (Å²) in [4.78, 5) is 10.2. The van der Waals surface area contributed by atoms with Crippen LogP contribution in [0.15, 0.2) is 0 Å². The van der Waals surface area contributed by atoms with E-state index in [0.29, 0.717) is 0 Å². The lowest BCUT2D eigenvalue weighted by Crippen LogP contribution is -2.59. The molecule has 5 N–H and O–H groups in total. The maximum absolute atomic E-state index is 10.2. The van der Waals surface area contributed by atoms with Gasteiger partial charge >= 0.3 is 5.97 Å². The van der Waals surface area contributed by atoms with Crippen molar-refractivity contribution >= 4 is 5.97 Å². The van der Waals surface area contributed by atoms with Gasteiger partial charge in [-0.15, -0.1) is 0 Å². The van der Waals surface area contributed by atoms with Crippen LogP contribution in [0.5, 0.6) is 0 Å². The monoisotopic (exact) mass is 238 g/mol. The van der Waals surface area contributed by atoms with Crippen LogP contribution in [0, 0.1) is 0 Å². The Kier molecular flexibility index (Phi) is 4.59. The summed E-state index contributed by atoms with van der Waals surface area (Å²) in [7, 11) is 0. The van der Waals surface area contributed by atoms with Crippen molar-refractivity contribution in [3.05, 3.63) is 0 Å². The van der Waals surface area contributed by atoms with Gasteiger partial charge in [-0.3, -0.25) is 0 Å². The summed E-state index contributed by atoms with van der Waals surface area (Å²) in [5.74, 6) is -1.27. The molecule has 0 aromatic heterocycles. The zero-order valence-corrected chi connectivity index (χ0v) is 8.26. The van der Waals surface area contributed by atoms with E-state index in [2.05, 4.69) is 4.74 Å². The van der Waals surface area contributed by atoms with Crippen LogP contribution in [0.25, 0.3) is 0 Å². The second-order valence-electron chi connectivity index (χ2n) is 3.40. The molecule has 94 valence electrons. The quantitative estimate of drug-likeness (QED) is 0.347. The smallest absolute Gasteiger partial charge is 0.329 e. The molecule has 1 fully saturated rings. The fourth-order valence-electron chi connectivity index (χ4n) is 1.36. The molecule has 0 aromatic rings. The number of aliphatic carboxylic acids is 1. The molecule has 1 heterocycles. The van der Waals surface area contributed by atoms with Crippen LogP contribution in [-0.2, 0) is 14.3 Å². The van der Waals surface area contributed by atoms with Crippen molar-refractivity contribution in [3.63, 3.8) is 0 Å².